The van der Waals surface area contributed by atoms with E-state index in [1.165, 1.54) is 5.56 Å². The van der Waals surface area contributed by atoms with E-state index in [-0.39, 0.29) is 18.6 Å². The molecule has 2 aliphatic heterocycles. The highest BCUT2D eigenvalue weighted by Gasteiger charge is 2.34. The first-order chi connectivity index (χ1) is 10.2. The van der Waals surface area contributed by atoms with Gasteiger partial charge in [0, 0.05) is 57.4 Å². The van der Waals surface area contributed by atoms with Gasteiger partial charge in [-0.1, -0.05) is 0 Å². The number of nitrogens with zero attached hydrogens (tertiary/aromatic N) is 4. The smallest absolute Gasteiger partial charge is 0.248 e. The van der Waals surface area contributed by atoms with E-state index in [2.05, 4.69) is 23.1 Å². The Morgan fingerprint density at radius 1 is 1.43 bits per heavy atom. The van der Waals surface area contributed by atoms with Crippen molar-refractivity contribution in [2.45, 2.75) is 32.5 Å². The van der Waals surface area contributed by atoms with Crippen LogP contribution in [0.1, 0.15) is 18.9 Å². The van der Waals surface area contributed by atoms with Crippen molar-refractivity contribution in [3.8, 4) is 0 Å². The van der Waals surface area contributed by atoms with E-state index in [9.17, 15) is 4.79 Å². The second-order valence-electron chi connectivity index (χ2n) is 6.11. The van der Waals surface area contributed by atoms with Crippen molar-refractivity contribution in [2.75, 3.05) is 33.3 Å². The minimum Gasteiger partial charge on any atom is -0.368 e. The Hall–Kier alpha value is -1.40. The Labute approximate surface area is 125 Å². The standard InChI is InChI=1S/C15H24N4O2/c1-3-19-8-12(6-16-19)7-18-5-4-14-13(10-18)9-17(2)15(20)11-21-14/h6,8,13-14H,3-5,7,9-11H2,1-2H3/t13-,14-/m0/s1. The normalized spacial score (nSPS) is 27.5. The topological polar surface area (TPSA) is 50.6 Å². The van der Waals surface area contributed by atoms with Crippen LogP contribution in [0.4, 0.5) is 0 Å². The van der Waals surface area contributed by atoms with E-state index in [0.29, 0.717) is 5.92 Å². The summed E-state index contributed by atoms with van der Waals surface area (Å²) < 4.78 is 7.74. The quantitative estimate of drug-likeness (QED) is 0.818. The van der Waals surface area contributed by atoms with Gasteiger partial charge in [0.05, 0.1) is 12.3 Å². The predicted octanol–water partition coefficient (Wildman–Crippen LogP) is 0.582. The van der Waals surface area contributed by atoms with Crippen LogP contribution in [0.25, 0.3) is 0 Å². The Morgan fingerprint density at radius 2 is 2.29 bits per heavy atom. The minimum absolute atomic E-state index is 0.0974. The SMILES string of the molecule is CCn1cc(CN2CC[C@@H]3OCC(=O)N(C)C[C@H]3C2)cn1. The van der Waals surface area contributed by atoms with Crippen LogP contribution in [0.5, 0.6) is 0 Å². The lowest BCUT2D eigenvalue weighted by Gasteiger charge is -2.37. The molecule has 0 unspecified atom stereocenters. The monoisotopic (exact) mass is 292 g/mol. The molecular weight excluding hydrogens is 268 g/mol. The second kappa shape index (κ2) is 6.15. The van der Waals surface area contributed by atoms with Crippen molar-refractivity contribution in [3.05, 3.63) is 18.0 Å². The van der Waals surface area contributed by atoms with Crippen LogP contribution < -0.4 is 0 Å². The number of ether oxygens (including phenoxy) is 1. The molecule has 2 fully saturated rings. The molecule has 21 heavy (non-hydrogen) atoms. The number of piperidine rings is 1. The highest BCUT2D eigenvalue weighted by molar-refractivity contribution is 5.77. The summed E-state index contributed by atoms with van der Waals surface area (Å²) in [6, 6.07) is 0. The Kier molecular flexibility index (Phi) is 4.26. The zero-order valence-corrected chi connectivity index (χ0v) is 12.9. The molecule has 3 rings (SSSR count). The van der Waals surface area contributed by atoms with E-state index in [4.69, 9.17) is 4.74 Å². The second-order valence-corrected chi connectivity index (χ2v) is 6.11. The molecule has 0 aromatic carbocycles. The molecule has 2 saturated heterocycles. The molecule has 3 heterocycles. The summed E-state index contributed by atoms with van der Waals surface area (Å²) in [7, 11) is 1.87. The highest BCUT2D eigenvalue weighted by atomic mass is 16.5. The van der Waals surface area contributed by atoms with Gasteiger partial charge in [-0.2, -0.15) is 5.10 Å². The zero-order chi connectivity index (χ0) is 14.8. The molecule has 0 aliphatic carbocycles. The van der Waals surface area contributed by atoms with Crippen molar-refractivity contribution in [2.24, 2.45) is 5.92 Å². The molecule has 1 amide bonds. The van der Waals surface area contributed by atoms with Gasteiger partial charge in [0.1, 0.15) is 6.61 Å². The van der Waals surface area contributed by atoms with Gasteiger partial charge in [-0.15, -0.1) is 0 Å². The van der Waals surface area contributed by atoms with Gasteiger partial charge in [0.15, 0.2) is 0 Å². The van der Waals surface area contributed by atoms with Crippen LogP contribution in [0, 0.1) is 5.92 Å². The molecule has 116 valence electrons. The fraction of sp³-hybridized carbons (Fsp3) is 0.733. The average Bonchev–Trinajstić information content (AvgIpc) is 2.88. The number of amides is 1. The number of hydrogen-bond donors (Lipinski definition) is 0. The summed E-state index contributed by atoms with van der Waals surface area (Å²) in [5.41, 5.74) is 1.26. The lowest BCUT2D eigenvalue weighted by Crippen LogP contribution is -2.46. The third-order valence-corrected chi connectivity index (χ3v) is 4.52. The number of rotatable bonds is 3. The number of hydrogen-bond acceptors (Lipinski definition) is 4. The molecule has 6 heteroatoms. The number of likely N-dealkylation sites (tertiary alicyclic amines) is 1. The summed E-state index contributed by atoms with van der Waals surface area (Å²) in [6.45, 7) is 6.98. The van der Waals surface area contributed by atoms with Gasteiger partial charge in [0.25, 0.3) is 0 Å². The number of aryl methyl sites for hydroxylation is 1. The van der Waals surface area contributed by atoms with Crippen molar-refractivity contribution in [1.29, 1.82) is 0 Å². The van der Waals surface area contributed by atoms with Crippen molar-refractivity contribution in [3.63, 3.8) is 0 Å². The third-order valence-electron chi connectivity index (χ3n) is 4.52. The van der Waals surface area contributed by atoms with Crippen LogP contribution in [0.3, 0.4) is 0 Å². The molecule has 0 bridgehead atoms. The molecule has 0 N–H and O–H groups in total. The first-order valence-electron chi connectivity index (χ1n) is 7.75. The van der Waals surface area contributed by atoms with Crippen LogP contribution in [-0.2, 0) is 22.6 Å². The van der Waals surface area contributed by atoms with Crippen LogP contribution in [0.15, 0.2) is 12.4 Å². The predicted molar refractivity (Wildman–Crippen MR) is 78.7 cm³/mol. The Bertz CT molecular complexity index is 502. The van der Waals surface area contributed by atoms with Crippen LogP contribution >= 0.6 is 0 Å². The molecule has 2 atom stereocenters. The molecule has 0 spiro atoms. The summed E-state index contributed by atoms with van der Waals surface area (Å²) >= 11 is 0. The maximum absolute atomic E-state index is 11.7. The maximum atomic E-state index is 11.7. The average molecular weight is 292 g/mol. The fourth-order valence-electron chi connectivity index (χ4n) is 3.29. The maximum Gasteiger partial charge on any atom is 0.248 e. The molecule has 1 aromatic rings. The fourth-order valence-corrected chi connectivity index (χ4v) is 3.29. The molecule has 6 nitrogen and oxygen atoms in total. The highest BCUT2D eigenvalue weighted by Crippen LogP contribution is 2.24. The molecule has 0 radical (unpaired) electrons. The van der Waals surface area contributed by atoms with Gasteiger partial charge in [0.2, 0.25) is 5.91 Å². The van der Waals surface area contributed by atoms with Gasteiger partial charge in [-0.25, -0.2) is 0 Å². The Morgan fingerprint density at radius 3 is 3.05 bits per heavy atom. The summed E-state index contributed by atoms with van der Waals surface area (Å²) in [4.78, 5) is 16.0. The molecule has 1 aromatic heterocycles. The van der Waals surface area contributed by atoms with Gasteiger partial charge < -0.3 is 9.64 Å². The van der Waals surface area contributed by atoms with Gasteiger partial charge in [-0.05, 0) is 13.3 Å². The van der Waals surface area contributed by atoms with E-state index in [0.717, 1.165) is 39.1 Å². The molecule has 2 aliphatic rings. The third kappa shape index (κ3) is 3.27. The van der Waals surface area contributed by atoms with Crippen molar-refractivity contribution >= 4 is 5.91 Å². The Balaban J connectivity index is 1.61. The number of carbonyl (C=O) groups excluding carboxylic acids is 1. The number of aromatic nitrogens is 2. The molecular formula is C15H24N4O2. The largest absolute Gasteiger partial charge is 0.368 e. The van der Waals surface area contributed by atoms with E-state index < -0.39 is 0 Å². The summed E-state index contributed by atoms with van der Waals surface area (Å²) in [5.74, 6) is 0.511. The van der Waals surface area contributed by atoms with E-state index in [1.807, 2.05) is 22.8 Å². The van der Waals surface area contributed by atoms with Crippen molar-refractivity contribution < 1.29 is 9.53 Å². The summed E-state index contributed by atoms with van der Waals surface area (Å²) in [6.07, 6.45) is 5.31. The summed E-state index contributed by atoms with van der Waals surface area (Å²) in [5, 5.41) is 4.33. The lowest BCUT2D eigenvalue weighted by atomic mass is 9.94. The van der Waals surface area contributed by atoms with E-state index in [1.54, 1.807) is 0 Å². The first-order valence-corrected chi connectivity index (χ1v) is 7.75. The number of carbonyl (C=O) groups is 1. The lowest BCUT2D eigenvalue weighted by molar-refractivity contribution is -0.133. The number of likely N-dealkylation sites (N-methyl/N-ethyl adjacent to an activating group) is 1. The van der Waals surface area contributed by atoms with Gasteiger partial charge >= 0.3 is 0 Å². The van der Waals surface area contributed by atoms with E-state index >= 15 is 0 Å². The first kappa shape index (κ1) is 14.5. The molecule has 0 saturated carbocycles. The minimum atomic E-state index is 0.0974. The van der Waals surface area contributed by atoms with Crippen LogP contribution in [0.2, 0.25) is 0 Å². The van der Waals surface area contributed by atoms with Crippen molar-refractivity contribution in [1.82, 2.24) is 19.6 Å². The number of fused-ring (bicyclic) bond motifs is 1. The van der Waals surface area contributed by atoms with Crippen LogP contribution in [-0.4, -0.2) is 64.9 Å². The van der Waals surface area contributed by atoms with Gasteiger partial charge in [-0.3, -0.25) is 14.4 Å². The zero-order valence-electron chi connectivity index (χ0n) is 12.9.